The molecule has 0 amide bonds. The molecule has 112 valence electrons. The maximum absolute atomic E-state index is 13.1. The van der Waals surface area contributed by atoms with E-state index in [2.05, 4.69) is 15.9 Å². The van der Waals surface area contributed by atoms with Crippen LogP contribution in [0.4, 0.5) is 13.2 Å². The molecule has 0 aromatic heterocycles. The monoisotopic (exact) mass is 350 g/mol. The molecule has 1 unspecified atom stereocenters. The quantitative estimate of drug-likeness (QED) is 0.701. The highest BCUT2D eigenvalue weighted by molar-refractivity contribution is 9.10. The molecule has 1 N–H and O–H groups in total. The maximum atomic E-state index is 13.1. The number of hydrogen-bond donors (Lipinski definition) is 1. The first kappa shape index (κ1) is 15.8. The fourth-order valence-electron chi connectivity index (χ4n) is 2.91. The zero-order chi connectivity index (χ0) is 14.8. The van der Waals surface area contributed by atoms with Gasteiger partial charge in [-0.2, -0.15) is 13.2 Å². The largest absolute Gasteiger partial charge is 0.416 e. The lowest BCUT2D eigenvalue weighted by Gasteiger charge is -2.24. The summed E-state index contributed by atoms with van der Waals surface area (Å²) in [6.07, 6.45) is 0.316. The van der Waals surface area contributed by atoms with Crippen LogP contribution >= 0.6 is 15.9 Å². The number of alkyl halides is 3. The van der Waals surface area contributed by atoms with Crippen molar-refractivity contribution in [1.29, 1.82) is 0 Å². The van der Waals surface area contributed by atoms with Crippen molar-refractivity contribution >= 4 is 15.9 Å². The van der Waals surface area contributed by atoms with E-state index in [9.17, 15) is 18.3 Å². The van der Waals surface area contributed by atoms with E-state index >= 15 is 0 Å². The van der Waals surface area contributed by atoms with Gasteiger partial charge in [0.15, 0.2) is 0 Å². The minimum absolute atomic E-state index is 0.00704. The first-order chi connectivity index (χ1) is 9.39. The van der Waals surface area contributed by atoms with E-state index in [1.807, 2.05) is 0 Å². The minimum atomic E-state index is -4.44. The first-order valence-electron chi connectivity index (χ1n) is 6.94. The average Bonchev–Trinajstić information content (AvgIpc) is 2.65. The highest BCUT2D eigenvalue weighted by Crippen LogP contribution is 2.41. The van der Waals surface area contributed by atoms with Crippen LogP contribution in [0.25, 0.3) is 0 Å². The van der Waals surface area contributed by atoms with Crippen molar-refractivity contribution < 1.29 is 18.3 Å². The normalized spacial score (nSPS) is 19.6. The molecule has 0 aliphatic heterocycles. The van der Waals surface area contributed by atoms with E-state index in [1.54, 1.807) is 6.07 Å². The van der Waals surface area contributed by atoms with Crippen molar-refractivity contribution in [3.63, 3.8) is 0 Å². The highest BCUT2D eigenvalue weighted by Gasteiger charge is 2.36. The van der Waals surface area contributed by atoms with Gasteiger partial charge in [-0.05, 0) is 36.5 Å². The van der Waals surface area contributed by atoms with E-state index in [-0.39, 0.29) is 11.5 Å². The van der Waals surface area contributed by atoms with Crippen LogP contribution in [0.1, 0.15) is 55.8 Å². The SMILES string of the molecule is OC(c1ccc(Br)cc1C(F)(F)F)C1CCCCCC1. The van der Waals surface area contributed by atoms with Crippen LogP contribution in [0.15, 0.2) is 22.7 Å². The zero-order valence-electron chi connectivity index (χ0n) is 11.1. The Hall–Kier alpha value is -0.550. The molecule has 1 aliphatic rings. The number of benzene rings is 1. The second-order valence-electron chi connectivity index (χ2n) is 5.43. The summed E-state index contributed by atoms with van der Waals surface area (Å²) >= 11 is 3.06. The molecule has 5 heteroatoms. The second kappa shape index (κ2) is 6.48. The van der Waals surface area contributed by atoms with Crippen molar-refractivity contribution in [1.82, 2.24) is 0 Å². The lowest BCUT2D eigenvalue weighted by Crippen LogP contribution is -2.18. The van der Waals surface area contributed by atoms with Crippen LogP contribution in [0.2, 0.25) is 0 Å². The van der Waals surface area contributed by atoms with Gasteiger partial charge in [0.2, 0.25) is 0 Å². The Labute approximate surface area is 125 Å². The molecular weight excluding hydrogens is 333 g/mol. The fourth-order valence-corrected chi connectivity index (χ4v) is 3.27. The summed E-state index contributed by atoms with van der Waals surface area (Å²) in [6, 6.07) is 4.00. The van der Waals surface area contributed by atoms with Crippen LogP contribution < -0.4 is 0 Å². The van der Waals surface area contributed by atoms with Crippen molar-refractivity contribution in [2.24, 2.45) is 5.92 Å². The molecule has 0 heterocycles. The van der Waals surface area contributed by atoms with Gasteiger partial charge in [0, 0.05) is 4.47 Å². The Morgan fingerprint density at radius 1 is 1.10 bits per heavy atom. The second-order valence-corrected chi connectivity index (χ2v) is 6.34. The van der Waals surface area contributed by atoms with Crippen LogP contribution in [-0.4, -0.2) is 5.11 Å². The van der Waals surface area contributed by atoms with Crippen molar-refractivity contribution in [3.05, 3.63) is 33.8 Å². The summed E-state index contributed by atoms with van der Waals surface area (Å²) in [5.41, 5.74) is -0.726. The Bertz CT molecular complexity index is 451. The Kier molecular flexibility index (Phi) is 5.13. The Morgan fingerprint density at radius 2 is 1.70 bits per heavy atom. The lowest BCUT2D eigenvalue weighted by atomic mass is 9.87. The Morgan fingerprint density at radius 3 is 2.25 bits per heavy atom. The van der Waals surface area contributed by atoms with E-state index in [0.29, 0.717) is 4.47 Å². The lowest BCUT2D eigenvalue weighted by molar-refractivity contribution is -0.139. The summed E-state index contributed by atoms with van der Waals surface area (Å²) in [7, 11) is 0. The van der Waals surface area contributed by atoms with Gasteiger partial charge in [-0.15, -0.1) is 0 Å². The summed E-state index contributed by atoms with van der Waals surface area (Å²) < 4.78 is 39.7. The molecule has 1 aliphatic carbocycles. The van der Waals surface area contributed by atoms with Crippen LogP contribution in [0.5, 0.6) is 0 Å². The van der Waals surface area contributed by atoms with Crippen molar-refractivity contribution in [2.75, 3.05) is 0 Å². The van der Waals surface area contributed by atoms with Gasteiger partial charge < -0.3 is 5.11 Å². The van der Waals surface area contributed by atoms with Crippen LogP contribution in [-0.2, 0) is 6.18 Å². The Balaban J connectivity index is 2.31. The molecule has 0 saturated heterocycles. The molecule has 20 heavy (non-hydrogen) atoms. The molecule has 1 aromatic carbocycles. The molecule has 1 saturated carbocycles. The summed E-state index contributed by atoms with van der Waals surface area (Å²) in [4.78, 5) is 0. The summed E-state index contributed by atoms with van der Waals surface area (Å²) in [5.74, 6) is -0.0697. The van der Waals surface area contributed by atoms with Gasteiger partial charge >= 0.3 is 6.18 Å². The van der Waals surface area contributed by atoms with Crippen molar-refractivity contribution in [2.45, 2.75) is 50.8 Å². The third-order valence-corrected chi connectivity index (χ3v) is 4.48. The average molecular weight is 351 g/mol. The number of aliphatic hydroxyl groups excluding tert-OH is 1. The van der Waals surface area contributed by atoms with Gasteiger partial charge in [-0.25, -0.2) is 0 Å². The van der Waals surface area contributed by atoms with Crippen molar-refractivity contribution in [3.8, 4) is 0 Å². The van der Waals surface area contributed by atoms with E-state index in [1.165, 1.54) is 6.07 Å². The molecule has 0 radical (unpaired) electrons. The number of aliphatic hydroxyl groups is 1. The van der Waals surface area contributed by atoms with Crippen LogP contribution in [0, 0.1) is 5.92 Å². The minimum Gasteiger partial charge on any atom is -0.388 e. The first-order valence-corrected chi connectivity index (χ1v) is 7.73. The standard InChI is InChI=1S/C15H18BrF3O/c16-11-7-8-12(13(9-11)15(17,18)19)14(20)10-5-3-1-2-4-6-10/h7-10,14,20H,1-6H2. The molecular formula is C15H18BrF3O. The molecule has 1 aromatic rings. The van der Waals surface area contributed by atoms with Gasteiger partial charge in [-0.3, -0.25) is 0 Å². The number of halogens is 4. The molecule has 0 bridgehead atoms. The number of rotatable bonds is 2. The molecule has 0 spiro atoms. The van der Waals surface area contributed by atoms with E-state index in [4.69, 9.17) is 0 Å². The fraction of sp³-hybridized carbons (Fsp3) is 0.600. The molecule has 1 atom stereocenters. The van der Waals surface area contributed by atoms with Crippen LogP contribution in [0.3, 0.4) is 0 Å². The topological polar surface area (TPSA) is 20.2 Å². The summed E-state index contributed by atoms with van der Waals surface area (Å²) in [6.45, 7) is 0. The van der Waals surface area contributed by atoms with E-state index in [0.717, 1.165) is 44.6 Å². The zero-order valence-corrected chi connectivity index (χ0v) is 12.7. The van der Waals surface area contributed by atoms with E-state index < -0.39 is 17.8 Å². The predicted octanol–water partition coefficient (Wildman–Crippen LogP) is 5.47. The molecule has 1 nitrogen and oxygen atoms in total. The summed E-state index contributed by atoms with van der Waals surface area (Å²) in [5, 5.41) is 10.4. The predicted molar refractivity (Wildman–Crippen MR) is 75.3 cm³/mol. The van der Waals surface area contributed by atoms with Gasteiger partial charge in [-0.1, -0.05) is 47.7 Å². The molecule has 2 rings (SSSR count). The van der Waals surface area contributed by atoms with Gasteiger partial charge in [0.05, 0.1) is 11.7 Å². The highest BCUT2D eigenvalue weighted by atomic mass is 79.9. The number of hydrogen-bond acceptors (Lipinski definition) is 1. The molecule has 1 fully saturated rings. The van der Waals surface area contributed by atoms with Gasteiger partial charge in [0.1, 0.15) is 0 Å². The third-order valence-electron chi connectivity index (χ3n) is 3.99. The third kappa shape index (κ3) is 3.76. The van der Waals surface area contributed by atoms with Gasteiger partial charge in [0.25, 0.3) is 0 Å². The maximum Gasteiger partial charge on any atom is 0.416 e. The smallest absolute Gasteiger partial charge is 0.388 e.